The molecule has 0 radical (unpaired) electrons. The molecular formula is C18H22N2O2. The normalized spacial score (nSPS) is 10.5. The molecule has 0 aliphatic heterocycles. The molecule has 0 aliphatic carbocycles. The van der Waals surface area contributed by atoms with Gasteiger partial charge in [0.15, 0.2) is 0 Å². The van der Waals surface area contributed by atoms with E-state index in [9.17, 15) is 4.79 Å². The van der Waals surface area contributed by atoms with E-state index >= 15 is 0 Å². The highest BCUT2D eigenvalue weighted by Gasteiger charge is 2.11. The number of nitrogens with one attached hydrogen (secondary N) is 1. The Balaban J connectivity index is 1.99. The molecule has 4 nitrogen and oxygen atoms in total. The van der Waals surface area contributed by atoms with Crippen molar-refractivity contribution in [3.8, 4) is 5.75 Å². The number of aromatic nitrogens is 1. The molecule has 0 atom stereocenters. The van der Waals surface area contributed by atoms with Crippen LogP contribution in [0.5, 0.6) is 5.75 Å². The van der Waals surface area contributed by atoms with Gasteiger partial charge in [0.1, 0.15) is 5.75 Å². The number of methoxy groups -OCH3 is 1. The summed E-state index contributed by atoms with van der Waals surface area (Å²) in [5.41, 5.74) is 2.94. The Kier molecular flexibility index (Phi) is 5.53. The molecule has 1 heterocycles. The average molecular weight is 298 g/mol. The predicted molar refractivity (Wildman–Crippen MR) is 86.9 cm³/mol. The summed E-state index contributed by atoms with van der Waals surface area (Å²) in [6.07, 6.45) is 2.02. The Labute approximate surface area is 131 Å². The van der Waals surface area contributed by atoms with Crippen molar-refractivity contribution in [1.82, 2.24) is 10.3 Å². The van der Waals surface area contributed by atoms with Gasteiger partial charge in [-0.1, -0.05) is 32.0 Å². The first-order valence-electron chi connectivity index (χ1n) is 7.43. The van der Waals surface area contributed by atoms with Crippen molar-refractivity contribution < 1.29 is 9.53 Å². The van der Waals surface area contributed by atoms with Gasteiger partial charge in [-0.05, 0) is 29.7 Å². The van der Waals surface area contributed by atoms with Gasteiger partial charge >= 0.3 is 0 Å². The highest BCUT2D eigenvalue weighted by atomic mass is 16.5. The molecule has 0 fully saturated rings. The van der Waals surface area contributed by atoms with E-state index in [1.54, 1.807) is 13.3 Å². The smallest absolute Gasteiger partial charge is 0.224 e. The van der Waals surface area contributed by atoms with Crippen molar-refractivity contribution in [2.24, 2.45) is 0 Å². The fourth-order valence-electron chi connectivity index (χ4n) is 2.19. The zero-order valence-corrected chi connectivity index (χ0v) is 13.3. The standard InChI is InChI=1S/C18H22N2O2/c1-13(2)14-7-8-15(17(10-14)22-3)11-18(21)20-12-16-6-4-5-9-19-16/h4-10,13H,11-12H2,1-3H3,(H,20,21). The van der Waals surface area contributed by atoms with Crippen LogP contribution in [0.3, 0.4) is 0 Å². The maximum absolute atomic E-state index is 12.1. The third-order valence-electron chi connectivity index (χ3n) is 3.52. The number of hydrogen-bond acceptors (Lipinski definition) is 3. The number of benzene rings is 1. The van der Waals surface area contributed by atoms with Crippen LogP contribution in [0, 0.1) is 0 Å². The van der Waals surface area contributed by atoms with Gasteiger partial charge in [-0.15, -0.1) is 0 Å². The van der Waals surface area contributed by atoms with Crippen molar-refractivity contribution in [3.05, 3.63) is 59.4 Å². The van der Waals surface area contributed by atoms with E-state index < -0.39 is 0 Å². The molecule has 1 aromatic carbocycles. The topological polar surface area (TPSA) is 51.2 Å². The van der Waals surface area contributed by atoms with Crippen LogP contribution in [0.15, 0.2) is 42.6 Å². The summed E-state index contributed by atoms with van der Waals surface area (Å²) >= 11 is 0. The van der Waals surface area contributed by atoms with Crippen LogP contribution in [0.2, 0.25) is 0 Å². The summed E-state index contributed by atoms with van der Waals surface area (Å²) in [4.78, 5) is 16.3. The Bertz CT molecular complexity index is 624. The van der Waals surface area contributed by atoms with E-state index in [2.05, 4.69) is 30.2 Å². The van der Waals surface area contributed by atoms with Gasteiger partial charge in [0, 0.05) is 11.8 Å². The molecule has 0 saturated carbocycles. The predicted octanol–water partition coefficient (Wildman–Crippen LogP) is 3.07. The first-order valence-corrected chi connectivity index (χ1v) is 7.43. The van der Waals surface area contributed by atoms with Gasteiger partial charge in [0.05, 0.1) is 25.8 Å². The Morgan fingerprint density at radius 1 is 1.27 bits per heavy atom. The summed E-state index contributed by atoms with van der Waals surface area (Å²) in [6.45, 7) is 4.70. The maximum atomic E-state index is 12.1. The number of rotatable bonds is 6. The van der Waals surface area contributed by atoms with Crippen LogP contribution in [-0.4, -0.2) is 18.0 Å². The zero-order chi connectivity index (χ0) is 15.9. The Morgan fingerprint density at radius 2 is 2.09 bits per heavy atom. The minimum Gasteiger partial charge on any atom is -0.496 e. The van der Waals surface area contributed by atoms with Crippen molar-refractivity contribution in [3.63, 3.8) is 0 Å². The average Bonchev–Trinajstić information content (AvgIpc) is 2.54. The monoisotopic (exact) mass is 298 g/mol. The van der Waals surface area contributed by atoms with Crippen LogP contribution in [0.1, 0.15) is 36.6 Å². The highest BCUT2D eigenvalue weighted by Crippen LogP contribution is 2.25. The SMILES string of the molecule is COc1cc(C(C)C)ccc1CC(=O)NCc1ccccn1. The van der Waals surface area contributed by atoms with E-state index in [1.165, 1.54) is 5.56 Å². The fourth-order valence-corrected chi connectivity index (χ4v) is 2.19. The lowest BCUT2D eigenvalue weighted by Crippen LogP contribution is -2.25. The van der Waals surface area contributed by atoms with E-state index in [4.69, 9.17) is 4.74 Å². The first kappa shape index (κ1) is 16.0. The third-order valence-corrected chi connectivity index (χ3v) is 3.52. The zero-order valence-electron chi connectivity index (χ0n) is 13.3. The van der Waals surface area contributed by atoms with Crippen molar-refractivity contribution in [2.75, 3.05) is 7.11 Å². The summed E-state index contributed by atoms with van der Waals surface area (Å²) in [7, 11) is 1.63. The lowest BCUT2D eigenvalue weighted by Gasteiger charge is -2.12. The lowest BCUT2D eigenvalue weighted by atomic mass is 9.99. The maximum Gasteiger partial charge on any atom is 0.224 e. The van der Waals surface area contributed by atoms with E-state index in [0.717, 1.165) is 17.0 Å². The van der Waals surface area contributed by atoms with Crippen LogP contribution < -0.4 is 10.1 Å². The van der Waals surface area contributed by atoms with Crippen molar-refractivity contribution in [1.29, 1.82) is 0 Å². The fraction of sp³-hybridized carbons (Fsp3) is 0.333. The molecule has 1 aromatic heterocycles. The van der Waals surface area contributed by atoms with Gasteiger partial charge in [0.25, 0.3) is 0 Å². The van der Waals surface area contributed by atoms with E-state index in [-0.39, 0.29) is 5.91 Å². The number of pyridine rings is 1. The molecule has 1 amide bonds. The number of carbonyl (C=O) groups is 1. The van der Waals surface area contributed by atoms with Crippen molar-refractivity contribution in [2.45, 2.75) is 32.7 Å². The molecule has 0 saturated heterocycles. The number of nitrogens with zero attached hydrogens (tertiary/aromatic N) is 1. The molecule has 0 unspecified atom stereocenters. The van der Waals surface area contributed by atoms with Gasteiger partial charge in [-0.3, -0.25) is 9.78 Å². The summed E-state index contributed by atoms with van der Waals surface area (Å²) < 4.78 is 5.41. The van der Waals surface area contributed by atoms with E-state index in [1.807, 2.05) is 30.3 Å². The highest BCUT2D eigenvalue weighted by molar-refractivity contribution is 5.79. The largest absolute Gasteiger partial charge is 0.496 e. The minimum atomic E-state index is -0.0405. The Morgan fingerprint density at radius 3 is 2.73 bits per heavy atom. The molecule has 116 valence electrons. The van der Waals surface area contributed by atoms with Crippen molar-refractivity contribution >= 4 is 5.91 Å². The number of hydrogen-bond donors (Lipinski definition) is 1. The van der Waals surface area contributed by atoms with Crippen LogP contribution in [0.4, 0.5) is 0 Å². The molecule has 0 aliphatic rings. The van der Waals surface area contributed by atoms with Crippen LogP contribution >= 0.6 is 0 Å². The van der Waals surface area contributed by atoms with Crippen LogP contribution in [-0.2, 0) is 17.8 Å². The molecule has 2 aromatic rings. The number of carbonyl (C=O) groups excluding carboxylic acids is 1. The number of ether oxygens (including phenoxy) is 1. The van der Waals surface area contributed by atoms with Gasteiger partial charge < -0.3 is 10.1 Å². The molecule has 4 heteroatoms. The second-order valence-corrected chi connectivity index (χ2v) is 5.50. The summed E-state index contributed by atoms with van der Waals surface area (Å²) in [5, 5.41) is 2.88. The first-order chi connectivity index (χ1) is 10.6. The Hall–Kier alpha value is -2.36. The van der Waals surface area contributed by atoms with Gasteiger partial charge in [-0.25, -0.2) is 0 Å². The molecule has 2 rings (SSSR count). The quantitative estimate of drug-likeness (QED) is 0.891. The second kappa shape index (κ2) is 7.59. The molecule has 0 bridgehead atoms. The molecule has 0 spiro atoms. The van der Waals surface area contributed by atoms with Gasteiger partial charge in [-0.2, -0.15) is 0 Å². The molecule has 1 N–H and O–H groups in total. The van der Waals surface area contributed by atoms with Gasteiger partial charge in [0.2, 0.25) is 5.91 Å². The minimum absolute atomic E-state index is 0.0405. The second-order valence-electron chi connectivity index (χ2n) is 5.50. The number of amides is 1. The van der Waals surface area contributed by atoms with Crippen LogP contribution in [0.25, 0.3) is 0 Å². The summed E-state index contributed by atoms with van der Waals surface area (Å²) in [6, 6.07) is 11.7. The lowest BCUT2D eigenvalue weighted by molar-refractivity contribution is -0.120. The molecular weight excluding hydrogens is 276 g/mol. The molecule has 22 heavy (non-hydrogen) atoms. The van der Waals surface area contributed by atoms with E-state index in [0.29, 0.717) is 18.9 Å². The third kappa shape index (κ3) is 4.32. The summed E-state index contributed by atoms with van der Waals surface area (Å²) in [5.74, 6) is 1.15.